The smallest absolute Gasteiger partial charge is 0.410 e. The molecule has 1 atom stereocenters. The Morgan fingerprint density at radius 2 is 1.86 bits per heavy atom. The molecule has 0 radical (unpaired) electrons. The predicted molar refractivity (Wildman–Crippen MR) is 181 cm³/mol. The third-order valence-corrected chi connectivity index (χ3v) is 8.28. The fourth-order valence-corrected chi connectivity index (χ4v) is 6.10. The maximum absolute atomic E-state index is 16.3. The van der Waals surface area contributed by atoms with Crippen LogP contribution in [0.4, 0.5) is 19.4 Å². The average molecular weight is 678 g/mol. The quantitative estimate of drug-likeness (QED) is 0.270. The first-order chi connectivity index (χ1) is 23.1. The van der Waals surface area contributed by atoms with E-state index in [1.165, 1.54) is 16.7 Å². The molecular formula is C35H41F2N7O5. The maximum atomic E-state index is 16.3. The van der Waals surface area contributed by atoms with Gasteiger partial charge in [0.15, 0.2) is 11.5 Å². The summed E-state index contributed by atoms with van der Waals surface area (Å²) in [5.41, 5.74) is 4.40. The second-order valence-electron chi connectivity index (χ2n) is 13.4. The van der Waals surface area contributed by atoms with Crippen LogP contribution in [0, 0.1) is 11.6 Å². The third kappa shape index (κ3) is 7.09. The Morgan fingerprint density at radius 3 is 2.49 bits per heavy atom. The number of pyridine rings is 2. The standard InChI is InChI=1S/C35H41F2N7O5/c1-19(2)27-29(21(9-8-16-45)12-13-39-27)44-32-23(17-25(37)28(40-32)26-22(30(38)46)10-7-11-24(26)36)31(41-33(44)47)43-15-14-42(18-20(43)3)34(48)49-35(4,5)6/h7,10-13,17,19-20,45H,8-9,14-16,18H2,1-6H3,(H2,38,46). The van der Waals surface area contributed by atoms with Gasteiger partial charge in [-0.15, -0.1) is 0 Å². The van der Waals surface area contributed by atoms with Crippen LogP contribution in [0.15, 0.2) is 41.3 Å². The van der Waals surface area contributed by atoms with Gasteiger partial charge in [-0.1, -0.05) is 19.9 Å². The highest BCUT2D eigenvalue weighted by molar-refractivity contribution is 6.00. The molecule has 1 aliphatic rings. The summed E-state index contributed by atoms with van der Waals surface area (Å²) in [6.45, 7) is 11.6. The van der Waals surface area contributed by atoms with Crippen LogP contribution in [0.3, 0.4) is 0 Å². The Hall–Kier alpha value is -4.98. The molecule has 1 fully saturated rings. The van der Waals surface area contributed by atoms with Crippen molar-refractivity contribution in [1.82, 2.24) is 24.4 Å². The van der Waals surface area contributed by atoms with E-state index in [0.717, 1.165) is 12.1 Å². The topological polar surface area (TPSA) is 157 Å². The second-order valence-corrected chi connectivity index (χ2v) is 13.4. The van der Waals surface area contributed by atoms with Crippen molar-refractivity contribution in [3.63, 3.8) is 0 Å². The Labute approximate surface area is 282 Å². The number of nitrogens with two attached hydrogens (primary N) is 1. The summed E-state index contributed by atoms with van der Waals surface area (Å²) >= 11 is 0. The number of halogens is 2. The molecule has 0 saturated carbocycles. The molecule has 49 heavy (non-hydrogen) atoms. The Balaban J connectivity index is 1.79. The largest absolute Gasteiger partial charge is 0.444 e. The highest BCUT2D eigenvalue weighted by atomic mass is 19.1. The number of piperazine rings is 1. The molecule has 0 bridgehead atoms. The van der Waals surface area contributed by atoms with Crippen molar-refractivity contribution in [3.8, 4) is 16.9 Å². The molecule has 1 aliphatic heterocycles. The number of hydrogen-bond acceptors (Lipinski definition) is 9. The van der Waals surface area contributed by atoms with E-state index >= 15 is 8.78 Å². The van der Waals surface area contributed by atoms with Crippen LogP contribution in [0.2, 0.25) is 0 Å². The molecular weight excluding hydrogens is 636 g/mol. The number of primary amides is 1. The lowest BCUT2D eigenvalue weighted by atomic mass is 10.0. The van der Waals surface area contributed by atoms with Crippen LogP contribution in [-0.2, 0) is 11.2 Å². The Bertz CT molecular complexity index is 1980. The summed E-state index contributed by atoms with van der Waals surface area (Å²) < 4.78 is 38.5. The van der Waals surface area contributed by atoms with Gasteiger partial charge in [0.1, 0.15) is 22.9 Å². The molecule has 14 heteroatoms. The summed E-state index contributed by atoms with van der Waals surface area (Å²) in [7, 11) is 0. The fraction of sp³-hybridized carbons (Fsp3) is 0.429. The number of aryl methyl sites for hydroxylation is 1. The number of nitrogens with zero attached hydrogens (tertiary/aromatic N) is 6. The van der Waals surface area contributed by atoms with E-state index in [9.17, 15) is 19.5 Å². The molecule has 1 saturated heterocycles. The zero-order valence-electron chi connectivity index (χ0n) is 28.5. The van der Waals surface area contributed by atoms with Crippen molar-refractivity contribution < 1.29 is 28.2 Å². The summed E-state index contributed by atoms with van der Waals surface area (Å²) in [6, 6.07) is 6.09. The number of carbonyl (C=O) groups excluding carboxylic acids is 2. The van der Waals surface area contributed by atoms with Crippen LogP contribution in [0.25, 0.3) is 28.0 Å². The first kappa shape index (κ1) is 35.3. The minimum Gasteiger partial charge on any atom is -0.444 e. The first-order valence-electron chi connectivity index (χ1n) is 16.2. The van der Waals surface area contributed by atoms with Crippen molar-refractivity contribution in [2.24, 2.45) is 5.73 Å². The summed E-state index contributed by atoms with van der Waals surface area (Å²) in [5, 5.41) is 9.78. The van der Waals surface area contributed by atoms with Gasteiger partial charge in [-0.05, 0) is 76.3 Å². The van der Waals surface area contributed by atoms with E-state index < -0.39 is 46.2 Å². The molecule has 4 aromatic rings. The van der Waals surface area contributed by atoms with Gasteiger partial charge >= 0.3 is 11.8 Å². The summed E-state index contributed by atoms with van der Waals surface area (Å²) in [4.78, 5) is 56.5. The van der Waals surface area contributed by atoms with Crippen LogP contribution in [0.1, 0.15) is 75.5 Å². The minimum absolute atomic E-state index is 0.0491. The number of rotatable bonds is 8. The van der Waals surface area contributed by atoms with Gasteiger partial charge in [-0.2, -0.15) is 4.98 Å². The summed E-state index contributed by atoms with van der Waals surface area (Å²) in [6.07, 6.45) is 1.90. The van der Waals surface area contributed by atoms with Crippen molar-refractivity contribution in [3.05, 3.63) is 75.5 Å². The van der Waals surface area contributed by atoms with Crippen LogP contribution in [0.5, 0.6) is 0 Å². The molecule has 5 rings (SSSR count). The highest BCUT2D eigenvalue weighted by Crippen LogP contribution is 2.35. The number of ether oxygens (including phenoxy) is 1. The molecule has 3 aromatic heterocycles. The predicted octanol–water partition coefficient (Wildman–Crippen LogP) is 4.71. The number of fused-ring (bicyclic) bond motifs is 1. The lowest BCUT2D eigenvalue weighted by Gasteiger charge is -2.41. The van der Waals surface area contributed by atoms with E-state index in [-0.39, 0.29) is 60.6 Å². The second kappa shape index (κ2) is 13.9. The third-order valence-electron chi connectivity index (χ3n) is 8.28. The first-order valence-corrected chi connectivity index (χ1v) is 16.2. The highest BCUT2D eigenvalue weighted by Gasteiger charge is 2.33. The molecule has 1 aromatic carbocycles. The van der Waals surface area contributed by atoms with E-state index in [1.54, 1.807) is 42.8 Å². The SMILES string of the molecule is CC(C)c1nccc(CCCO)c1-n1c(=O)nc(N2CCN(C(=O)OC(C)(C)C)CC2C)c2cc(F)c(-c3c(F)cccc3C(N)=O)nc21. The molecule has 3 N–H and O–H groups in total. The van der Waals surface area contributed by atoms with Gasteiger partial charge < -0.3 is 25.4 Å². The maximum Gasteiger partial charge on any atom is 0.410 e. The zero-order chi connectivity index (χ0) is 35.8. The van der Waals surface area contributed by atoms with Gasteiger partial charge in [0.25, 0.3) is 0 Å². The Morgan fingerprint density at radius 1 is 1.12 bits per heavy atom. The Kier molecular flexibility index (Phi) is 10.00. The molecule has 2 amide bonds. The van der Waals surface area contributed by atoms with Crippen LogP contribution < -0.4 is 16.3 Å². The molecule has 4 heterocycles. The van der Waals surface area contributed by atoms with Gasteiger partial charge in [0.2, 0.25) is 5.91 Å². The molecule has 0 spiro atoms. The molecule has 260 valence electrons. The minimum atomic E-state index is -0.985. The average Bonchev–Trinajstić information content (AvgIpc) is 3.02. The van der Waals surface area contributed by atoms with Gasteiger partial charge in [0.05, 0.1) is 27.9 Å². The monoisotopic (exact) mass is 677 g/mol. The number of aliphatic hydroxyl groups excluding tert-OH is 1. The van der Waals surface area contributed by atoms with E-state index in [2.05, 4.69) is 15.0 Å². The lowest BCUT2D eigenvalue weighted by Crippen LogP contribution is -2.55. The lowest BCUT2D eigenvalue weighted by molar-refractivity contribution is 0.0218. The number of aromatic nitrogens is 4. The molecule has 12 nitrogen and oxygen atoms in total. The van der Waals surface area contributed by atoms with Crippen LogP contribution >= 0.6 is 0 Å². The van der Waals surface area contributed by atoms with Crippen molar-refractivity contribution in [1.29, 1.82) is 0 Å². The number of anilines is 1. The number of hydrogen-bond donors (Lipinski definition) is 2. The van der Waals surface area contributed by atoms with Gasteiger partial charge in [-0.25, -0.2) is 27.9 Å². The van der Waals surface area contributed by atoms with Gasteiger partial charge in [0, 0.05) is 38.5 Å². The van der Waals surface area contributed by atoms with E-state index in [4.69, 9.17) is 10.5 Å². The van der Waals surface area contributed by atoms with Crippen molar-refractivity contribution in [2.45, 2.75) is 71.9 Å². The number of amides is 2. The van der Waals surface area contributed by atoms with Crippen LogP contribution in [-0.4, -0.2) is 79.4 Å². The number of carbonyl (C=O) groups is 2. The zero-order valence-corrected chi connectivity index (χ0v) is 28.5. The molecule has 1 unspecified atom stereocenters. The number of aliphatic hydroxyl groups is 1. The fourth-order valence-electron chi connectivity index (χ4n) is 6.10. The normalized spacial score (nSPS) is 15.3. The number of benzene rings is 1. The van der Waals surface area contributed by atoms with Gasteiger partial charge in [-0.3, -0.25) is 9.78 Å². The van der Waals surface area contributed by atoms with E-state index in [0.29, 0.717) is 29.8 Å². The van der Waals surface area contributed by atoms with Crippen molar-refractivity contribution in [2.75, 3.05) is 31.1 Å². The summed E-state index contributed by atoms with van der Waals surface area (Å²) in [5.74, 6) is -2.93. The van der Waals surface area contributed by atoms with Crippen molar-refractivity contribution >= 4 is 28.9 Å². The molecule has 0 aliphatic carbocycles. The van der Waals surface area contributed by atoms with E-state index in [1.807, 2.05) is 20.8 Å².